The first-order valence-corrected chi connectivity index (χ1v) is 6.17. The van der Waals surface area contributed by atoms with E-state index < -0.39 is 0 Å². The van der Waals surface area contributed by atoms with Crippen molar-refractivity contribution >= 4 is 5.78 Å². The van der Waals surface area contributed by atoms with Gasteiger partial charge in [0.2, 0.25) is 0 Å². The second kappa shape index (κ2) is 6.01. The maximum absolute atomic E-state index is 11.4. The number of nitrogens with zero attached hydrogens (tertiary/aromatic N) is 1. The van der Waals surface area contributed by atoms with Crippen LogP contribution in [0, 0.1) is 13.8 Å². The fourth-order valence-corrected chi connectivity index (χ4v) is 2.37. The SMILES string of the molecule is COc1c(C)cc(C(CC(C)=O)N(C)C)cc1C. The monoisotopic (exact) mass is 249 g/mol. The number of hydrogen-bond acceptors (Lipinski definition) is 3. The number of methoxy groups -OCH3 is 1. The quantitative estimate of drug-likeness (QED) is 0.803. The Kier molecular flexibility index (Phi) is 4.91. The van der Waals surface area contributed by atoms with Crippen LogP contribution in [0.3, 0.4) is 0 Å². The lowest BCUT2D eigenvalue weighted by Crippen LogP contribution is -2.22. The van der Waals surface area contributed by atoms with Crippen molar-refractivity contribution in [3.05, 3.63) is 28.8 Å². The Morgan fingerprint density at radius 2 is 1.78 bits per heavy atom. The van der Waals surface area contributed by atoms with Crippen LogP contribution in [-0.4, -0.2) is 31.9 Å². The summed E-state index contributed by atoms with van der Waals surface area (Å²) in [5.41, 5.74) is 3.40. The van der Waals surface area contributed by atoms with Crippen molar-refractivity contribution in [3.8, 4) is 5.75 Å². The van der Waals surface area contributed by atoms with Crippen LogP contribution < -0.4 is 4.74 Å². The number of rotatable bonds is 5. The number of Topliss-reactive ketones (excluding diaryl/α,β-unsaturated/α-hetero) is 1. The molecule has 3 nitrogen and oxygen atoms in total. The predicted octanol–water partition coefficient (Wildman–Crippen LogP) is 2.89. The highest BCUT2D eigenvalue weighted by Gasteiger charge is 2.18. The molecule has 0 saturated carbocycles. The van der Waals surface area contributed by atoms with Gasteiger partial charge in [0.05, 0.1) is 7.11 Å². The highest BCUT2D eigenvalue weighted by Crippen LogP contribution is 2.30. The summed E-state index contributed by atoms with van der Waals surface area (Å²) in [6.45, 7) is 5.71. The lowest BCUT2D eigenvalue weighted by molar-refractivity contribution is -0.118. The molecule has 0 N–H and O–H groups in total. The van der Waals surface area contributed by atoms with Gasteiger partial charge in [0.1, 0.15) is 11.5 Å². The summed E-state index contributed by atoms with van der Waals surface area (Å²) in [5, 5.41) is 0. The molecule has 1 rings (SSSR count). The van der Waals surface area contributed by atoms with Crippen LogP contribution in [0.2, 0.25) is 0 Å². The van der Waals surface area contributed by atoms with E-state index >= 15 is 0 Å². The summed E-state index contributed by atoms with van der Waals surface area (Å²) in [4.78, 5) is 13.5. The smallest absolute Gasteiger partial charge is 0.131 e. The van der Waals surface area contributed by atoms with Crippen molar-refractivity contribution in [3.63, 3.8) is 0 Å². The fourth-order valence-electron chi connectivity index (χ4n) is 2.37. The van der Waals surface area contributed by atoms with Crippen molar-refractivity contribution < 1.29 is 9.53 Å². The van der Waals surface area contributed by atoms with Gasteiger partial charge in [-0.1, -0.05) is 12.1 Å². The maximum atomic E-state index is 11.4. The summed E-state index contributed by atoms with van der Waals surface area (Å²) in [6, 6.07) is 4.35. The second-order valence-electron chi connectivity index (χ2n) is 5.07. The predicted molar refractivity (Wildman–Crippen MR) is 74.2 cm³/mol. The lowest BCUT2D eigenvalue weighted by atomic mass is 9.96. The molecule has 18 heavy (non-hydrogen) atoms. The number of ketones is 1. The van der Waals surface area contributed by atoms with Crippen molar-refractivity contribution in [2.75, 3.05) is 21.2 Å². The first kappa shape index (κ1) is 14.7. The average molecular weight is 249 g/mol. The lowest BCUT2D eigenvalue weighted by Gasteiger charge is -2.25. The van der Waals surface area contributed by atoms with E-state index in [1.54, 1.807) is 14.0 Å². The molecule has 100 valence electrons. The molecule has 0 fully saturated rings. The molecule has 1 unspecified atom stereocenters. The summed E-state index contributed by atoms with van der Waals surface area (Å²) in [7, 11) is 5.69. The zero-order valence-corrected chi connectivity index (χ0v) is 12.2. The summed E-state index contributed by atoms with van der Waals surface area (Å²) in [6.07, 6.45) is 0.540. The number of benzene rings is 1. The Morgan fingerprint density at radius 1 is 1.28 bits per heavy atom. The minimum absolute atomic E-state index is 0.130. The largest absolute Gasteiger partial charge is 0.496 e. The number of carbonyl (C=O) groups excluding carboxylic acids is 1. The molecule has 0 aliphatic rings. The zero-order chi connectivity index (χ0) is 13.9. The summed E-state index contributed by atoms with van der Waals surface area (Å²) >= 11 is 0. The molecule has 3 heteroatoms. The number of hydrogen-bond donors (Lipinski definition) is 0. The Morgan fingerprint density at radius 3 is 2.11 bits per heavy atom. The van der Waals surface area contributed by atoms with E-state index in [0.717, 1.165) is 16.9 Å². The van der Waals surface area contributed by atoms with Gasteiger partial charge >= 0.3 is 0 Å². The molecule has 1 aromatic rings. The first-order chi connectivity index (χ1) is 8.36. The van der Waals surface area contributed by atoms with Crippen LogP contribution in [0.25, 0.3) is 0 Å². The van der Waals surface area contributed by atoms with Crippen LogP contribution in [0.1, 0.15) is 36.1 Å². The molecule has 0 spiro atoms. The van der Waals surface area contributed by atoms with Gasteiger partial charge in [-0.05, 0) is 51.6 Å². The van der Waals surface area contributed by atoms with Gasteiger partial charge in [-0.3, -0.25) is 4.79 Å². The maximum Gasteiger partial charge on any atom is 0.131 e. The van der Waals surface area contributed by atoms with E-state index in [-0.39, 0.29) is 11.8 Å². The Hall–Kier alpha value is -1.35. The average Bonchev–Trinajstić information content (AvgIpc) is 2.24. The Balaban J connectivity index is 3.17. The normalized spacial score (nSPS) is 12.6. The van der Waals surface area contributed by atoms with E-state index in [1.165, 1.54) is 5.56 Å². The molecule has 1 aromatic carbocycles. The minimum atomic E-state index is 0.130. The van der Waals surface area contributed by atoms with Gasteiger partial charge in [-0.2, -0.15) is 0 Å². The van der Waals surface area contributed by atoms with E-state index in [4.69, 9.17) is 4.74 Å². The third-order valence-electron chi connectivity index (χ3n) is 3.18. The van der Waals surface area contributed by atoms with Crippen LogP contribution in [0.15, 0.2) is 12.1 Å². The number of carbonyl (C=O) groups is 1. The zero-order valence-electron chi connectivity index (χ0n) is 12.2. The van der Waals surface area contributed by atoms with Crippen molar-refractivity contribution in [2.24, 2.45) is 0 Å². The highest BCUT2D eigenvalue weighted by molar-refractivity contribution is 5.76. The van der Waals surface area contributed by atoms with Gasteiger partial charge in [-0.25, -0.2) is 0 Å². The molecular weight excluding hydrogens is 226 g/mol. The molecule has 0 aliphatic heterocycles. The van der Waals surface area contributed by atoms with E-state index in [2.05, 4.69) is 17.0 Å². The number of ether oxygens (including phenoxy) is 1. The van der Waals surface area contributed by atoms with E-state index in [1.807, 2.05) is 27.9 Å². The van der Waals surface area contributed by atoms with Crippen LogP contribution in [0.5, 0.6) is 5.75 Å². The summed E-state index contributed by atoms with van der Waals surface area (Å²) < 4.78 is 5.37. The second-order valence-corrected chi connectivity index (χ2v) is 5.07. The van der Waals surface area contributed by atoms with E-state index in [0.29, 0.717) is 6.42 Å². The van der Waals surface area contributed by atoms with Crippen LogP contribution in [0.4, 0.5) is 0 Å². The molecule has 0 saturated heterocycles. The topological polar surface area (TPSA) is 29.5 Å². The van der Waals surface area contributed by atoms with Crippen molar-refractivity contribution in [1.29, 1.82) is 0 Å². The molecule has 0 radical (unpaired) electrons. The third-order valence-corrected chi connectivity index (χ3v) is 3.18. The molecule has 0 heterocycles. The molecule has 1 atom stereocenters. The third kappa shape index (κ3) is 3.33. The minimum Gasteiger partial charge on any atom is -0.496 e. The summed E-state index contributed by atoms with van der Waals surface area (Å²) in [5.74, 6) is 1.14. The fraction of sp³-hybridized carbons (Fsp3) is 0.533. The molecule has 0 amide bonds. The van der Waals surface area contributed by atoms with Crippen LogP contribution in [-0.2, 0) is 4.79 Å². The Labute approximate surface area is 110 Å². The van der Waals surface area contributed by atoms with Crippen LogP contribution >= 0.6 is 0 Å². The molecular formula is C15H23NO2. The van der Waals surface area contributed by atoms with Gasteiger partial charge in [0.15, 0.2) is 0 Å². The van der Waals surface area contributed by atoms with Gasteiger partial charge in [0, 0.05) is 12.5 Å². The van der Waals surface area contributed by atoms with E-state index in [9.17, 15) is 4.79 Å². The van der Waals surface area contributed by atoms with Gasteiger partial charge < -0.3 is 9.64 Å². The van der Waals surface area contributed by atoms with Gasteiger partial charge in [-0.15, -0.1) is 0 Å². The van der Waals surface area contributed by atoms with Crippen molar-refractivity contribution in [1.82, 2.24) is 4.90 Å². The molecule has 0 bridgehead atoms. The van der Waals surface area contributed by atoms with Crippen molar-refractivity contribution in [2.45, 2.75) is 33.2 Å². The molecule has 0 aromatic heterocycles. The first-order valence-electron chi connectivity index (χ1n) is 6.17. The standard InChI is InChI=1S/C15H23NO2/c1-10-7-13(8-11(2)15(10)18-6)14(16(4)5)9-12(3)17/h7-8,14H,9H2,1-6H3. The van der Waals surface area contributed by atoms with Gasteiger partial charge in [0.25, 0.3) is 0 Å². The Bertz CT molecular complexity index is 415. The highest BCUT2D eigenvalue weighted by atomic mass is 16.5. The number of aryl methyl sites for hydroxylation is 2. The molecule has 0 aliphatic carbocycles.